The fraction of sp³-hybridized carbons (Fsp3) is 0.231. The number of carbonyl (C=O) groups is 1. The van der Waals surface area contributed by atoms with Gasteiger partial charge in [0.15, 0.2) is 16.3 Å². The van der Waals surface area contributed by atoms with Gasteiger partial charge in [-0.2, -0.15) is 13.8 Å². The molecule has 1 amide bonds. The zero-order valence-corrected chi connectivity index (χ0v) is 12.1. The highest BCUT2D eigenvalue weighted by atomic mass is 32.1. The topological polar surface area (TPSA) is 52.8 Å². The highest BCUT2D eigenvalue weighted by molar-refractivity contribution is 7.07. The number of methoxy groups -OCH3 is 1. The first-order chi connectivity index (χ1) is 10.0. The Morgan fingerprint density at radius 3 is 2.71 bits per heavy atom. The number of rotatable bonds is 4. The molecular formula is C13H12F2N2O3S. The molecule has 0 aliphatic rings. The third-order valence-electron chi connectivity index (χ3n) is 2.58. The fourth-order valence-electron chi connectivity index (χ4n) is 1.58. The molecule has 8 heteroatoms. The van der Waals surface area contributed by atoms with Crippen molar-refractivity contribution in [3.8, 4) is 11.5 Å². The molecule has 0 aliphatic carbocycles. The average molecular weight is 314 g/mol. The minimum absolute atomic E-state index is 0.0481. The number of aromatic nitrogens is 1. The molecule has 112 valence electrons. The van der Waals surface area contributed by atoms with Crippen LogP contribution in [0.2, 0.25) is 0 Å². The smallest absolute Gasteiger partial charge is 0.387 e. The van der Waals surface area contributed by atoms with E-state index in [1.807, 2.05) is 0 Å². The minimum atomic E-state index is -2.96. The predicted octanol–water partition coefficient (Wildman–Crippen LogP) is 2.44. The predicted molar refractivity (Wildman–Crippen MR) is 72.8 cm³/mol. The monoisotopic (exact) mass is 314 g/mol. The first kappa shape index (κ1) is 15.2. The third-order valence-corrected chi connectivity index (χ3v) is 3.43. The number of hydrogen-bond acceptors (Lipinski definition) is 4. The number of nitrogens with zero attached hydrogens (tertiary/aromatic N) is 2. The van der Waals surface area contributed by atoms with Crippen molar-refractivity contribution in [2.45, 2.75) is 6.61 Å². The molecule has 2 rings (SSSR count). The fourth-order valence-corrected chi connectivity index (χ4v) is 2.31. The maximum atomic E-state index is 12.2. The van der Waals surface area contributed by atoms with Gasteiger partial charge >= 0.3 is 6.61 Å². The molecule has 0 atom stereocenters. The molecule has 0 fully saturated rings. The number of thiazole rings is 1. The van der Waals surface area contributed by atoms with Gasteiger partial charge in [-0.25, -0.2) is 0 Å². The molecule has 0 aliphatic heterocycles. The van der Waals surface area contributed by atoms with Crippen LogP contribution in [0.5, 0.6) is 11.5 Å². The van der Waals surface area contributed by atoms with Crippen molar-refractivity contribution in [3.05, 3.63) is 40.1 Å². The molecule has 5 nitrogen and oxygen atoms in total. The lowest BCUT2D eigenvalue weighted by Crippen LogP contribution is -2.12. The summed E-state index contributed by atoms with van der Waals surface area (Å²) in [5.74, 6) is -0.576. The number of halogens is 2. The standard InChI is InChI=1S/C13H12F2N2O3S/c1-17-5-6-21-13(17)16-11(18)8-3-4-9(20-12(14)15)10(7-8)19-2/h3-7,12H,1-2H3. The molecule has 2 aromatic rings. The Labute approximate surface area is 123 Å². The summed E-state index contributed by atoms with van der Waals surface area (Å²) in [5, 5.41) is 1.80. The average Bonchev–Trinajstić information content (AvgIpc) is 2.84. The van der Waals surface area contributed by atoms with Crippen molar-refractivity contribution in [2.75, 3.05) is 7.11 Å². The molecule has 1 aromatic carbocycles. The molecule has 0 N–H and O–H groups in total. The van der Waals surface area contributed by atoms with Crippen LogP contribution < -0.4 is 14.3 Å². The van der Waals surface area contributed by atoms with Gasteiger partial charge in [0.1, 0.15) is 0 Å². The molecule has 1 heterocycles. The van der Waals surface area contributed by atoms with Crippen LogP contribution in [-0.2, 0) is 7.05 Å². The second kappa shape index (κ2) is 6.49. The van der Waals surface area contributed by atoms with E-state index in [1.54, 1.807) is 23.2 Å². The van der Waals surface area contributed by atoms with Gasteiger partial charge < -0.3 is 14.0 Å². The lowest BCUT2D eigenvalue weighted by molar-refractivity contribution is -0.0512. The summed E-state index contributed by atoms with van der Waals surface area (Å²) < 4.78 is 35.4. The highest BCUT2D eigenvalue weighted by Gasteiger charge is 2.14. The van der Waals surface area contributed by atoms with Gasteiger partial charge in [-0.15, -0.1) is 11.3 Å². The first-order valence-electron chi connectivity index (χ1n) is 5.83. The number of aryl methyl sites for hydroxylation is 1. The normalized spacial score (nSPS) is 11.8. The van der Waals surface area contributed by atoms with Gasteiger partial charge in [-0.3, -0.25) is 4.79 Å². The molecule has 1 aromatic heterocycles. The Balaban J connectivity index is 2.33. The maximum Gasteiger partial charge on any atom is 0.387 e. The maximum absolute atomic E-state index is 12.2. The summed E-state index contributed by atoms with van der Waals surface area (Å²) in [5.41, 5.74) is 0.224. The van der Waals surface area contributed by atoms with Gasteiger partial charge in [0, 0.05) is 24.2 Å². The van der Waals surface area contributed by atoms with Crippen LogP contribution in [0.25, 0.3) is 0 Å². The van der Waals surface area contributed by atoms with Crippen LogP contribution in [-0.4, -0.2) is 24.2 Å². The van der Waals surface area contributed by atoms with Crippen LogP contribution in [0.3, 0.4) is 0 Å². The molecule has 0 saturated heterocycles. The number of ether oxygens (including phenoxy) is 2. The number of hydrogen-bond donors (Lipinski definition) is 0. The summed E-state index contributed by atoms with van der Waals surface area (Å²) in [4.78, 5) is 16.5. The molecular weight excluding hydrogens is 302 g/mol. The number of alkyl halides is 2. The molecule has 0 bridgehead atoms. The van der Waals surface area contributed by atoms with Crippen LogP contribution in [0.1, 0.15) is 10.4 Å². The highest BCUT2D eigenvalue weighted by Crippen LogP contribution is 2.29. The Kier molecular flexibility index (Phi) is 4.69. The van der Waals surface area contributed by atoms with Crippen molar-refractivity contribution >= 4 is 17.2 Å². The summed E-state index contributed by atoms with van der Waals surface area (Å²) >= 11 is 1.31. The SMILES string of the molecule is COc1cc(C(=O)N=c2sccn2C)ccc1OC(F)F. The first-order valence-corrected chi connectivity index (χ1v) is 6.71. The van der Waals surface area contributed by atoms with Gasteiger partial charge in [-0.05, 0) is 18.2 Å². The van der Waals surface area contributed by atoms with Crippen molar-refractivity contribution in [3.63, 3.8) is 0 Å². The third kappa shape index (κ3) is 3.66. The van der Waals surface area contributed by atoms with E-state index < -0.39 is 12.5 Å². The Morgan fingerprint density at radius 1 is 1.38 bits per heavy atom. The summed E-state index contributed by atoms with van der Waals surface area (Å²) in [7, 11) is 3.07. The van der Waals surface area contributed by atoms with Gasteiger partial charge in [0.05, 0.1) is 7.11 Å². The summed E-state index contributed by atoms with van der Waals surface area (Å²) in [6.07, 6.45) is 1.77. The van der Waals surface area contributed by atoms with Crippen LogP contribution in [0.15, 0.2) is 34.8 Å². The lowest BCUT2D eigenvalue weighted by Gasteiger charge is -2.10. The van der Waals surface area contributed by atoms with E-state index in [1.165, 1.54) is 36.6 Å². The van der Waals surface area contributed by atoms with Gasteiger partial charge in [0.25, 0.3) is 5.91 Å². The zero-order chi connectivity index (χ0) is 15.4. The van der Waals surface area contributed by atoms with Gasteiger partial charge in [0.2, 0.25) is 0 Å². The van der Waals surface area contributed by atoms with Crippen molar-refractivity contribution in [1.82, 2.24) is 4.57 Å². The largest absolute Gasteiger partial charge is 0.493 e. The van der Waals surface area contributed by atoms with Crippen molar-refractivity contribution < 1.29 is 23.0 Å². The molecule has 0 spiro atoms. The number of carbonyl (C=O) groups excluding carboxylic acids is 1. The molecule has 0 unspecified atom stereocenters. The van der Waals surface area contributed by atoms with E-state index in [2.05, 4.69) is 9.73 Å². The minimum Gasteiger partial charge on any atom is -0.493 e. The Bertz CT molecular complexity index is 709. The second-order valence-electron chi connectivity index (χ2n) is 3.96. The second-order valence-corrected chi connectivity index (χ2v) is 4.83. The summed E-state index contributed by atoms with van der Waals surface area (Å²) in [6, 6.07) is 3.93. The number of benzene rings is 1. The van der Waals surface area contributed by atoms with Crippen LogP contribution in [0.4, 0.5) is 8.78 Å². The molecule has 0 saturated carbocycles. The molecule has 21 heavy (non-hydrogen) atoms. The van der Waals surface area contributed by atoms with E-state index in [-0.39, 0.29) is 17.1 Å². The van der Waals surface area contributed by atoms with E-state index in [4.69, 9.17) is 4.74 Å². The van der Waals surface area contributed by atoms with E-state index in [0.717, 1.165) is 0 Å². The zero-order valence-electron chi connectivity index (χ0n) is 11.2. The van der Waals surface area contributed by atoms with Crippen molar-refractivity contribution in [2.24, 2.45) is 12.0 Å². The van der Waals surface area contributed by atoms with E-state index in [0.29, 0.717) is 4.80 Å². The van der Waals surface area contributed by atoms with E-state index >= 15 is 0 Å². The van der Waals surface area contributed by atoms with E-state index in [9.17, 15) is 13.6 Å². The van der Waals surface area contributed by atoms with Crippen LogP contribution >= 0.6 is 11.3 Å². The van der Waals surface area contributed by atoms with Crippen LogP contribution in [0, 0.1) is 0 Å². The molecule has 0 radical (unpaired) electrons. The Morgan fingerprint density at radius 2 is 2.14 bits per heavy atom. The number of amides is 1. The quantitative estimate of drug-likeness (QED) is 0.871. The summed E-state index contributed by atoms with van der Waals surface area (Å²) in [6.45, 7) is -2.96. The lowest BCUT2D eigenvalue weighted by atomic mass is 10.2. The Hall–Kier alpha value is -2.22. The van der Waals surface area contributed by atoms with Gasteiger partial charge in [-0.1, -0.05) is 0 Å². The van der Waals surface area contributed by atoms with Crippen molar-refractivity contribution in [1.29, 1.82) is 0 Å².